The fraction of sp³-hybridized carbons (Fsp3) is 0.455. The van der Waals surface area contributed by atoms with Crippen LogP contribution in [0, 0.1) is 5.82 Å². The van der Waals surface area contributed by atoms with Crippen LogP contribution in [0.15, 0.2) is 27.6 Å². The van der Waals surface area contributed by atoms with Gasteiger partial charge in [-0.3, -0.25) is 0 Å². The second-order valence-corrected chi connectivity index (χ2v) is 7.03. The Balaban J connectivity index is 0.00000180. The topological polar surface area (TPSA) is 49.4 Å². The molecule has 1 N–H and O–H groups in total. The number of nitrogens with zero attached hydrogens (tertiary/aromatic N) is 1. The zero-order valence-corrected chi connectivity index (χ0v) is 13.5. The predicted octanol–water partition coefficient (Wildman–Crippen LogP) is 1.99. The third-order valence-electron chi connectivity index (χ3n) is 2.87. The summed E-state index contributed by atoms with van der Waals surface area (Å²) in [4.78, 5) is -0.272. The summed E-state index contributed by atoms with van der Waals surface area (Å²) in [5.41, 5.74) is 0. The van der Waals surface area contributed by atoms with Crippen LogP contribution in [0.2, 0.25) is 0 Å². The Kier molecular flexibility index (Phi) is 5.76. The number of nitrogens with one attached hydrogen (secondary N) is 1. The highest BCUT2D eigenvalue weighted by atomic mass is 79.9. The van der Waals surface area contributed by atoms with Crippen LogP contribution in [0.1, 0.15) is 6.92 Å². The van der Waals surface area contributed by atoms with Crippen molar-refractivity contribution >= 4 is 38.4 Å². The standard InChI is InChI=1S/C11H14BrFN2O2S.ClH/c1-8-7-15(6-5-14-8)18(16,17)10-4-2-3-9(12)11(10)13;/h2-4,8,14H,5-7H2,1H3;1H. The summed E-state index contributed by atoms with van der Waals surface area (Å²) in [7, 11) is -3.76. The highest BCUT2D eigenvalue weighted by molar-refractivity contribution is 9.10. The number of piperazine rings is 1. The van der Waals surface area contributed by atoms with Gasteiger partial charge in [-0.25, -0.2) is 12.8 Å². The number of sulfonamides is 1. The van der Waals surface area contributed by atoms with Gasteiger partial charge in [-0.05, 0) is 35.0 Å². The number of halogens is 3. The molecule has 1 saturated heterocycles. The fourth-order valence-electron chi connectivity index (χ4n) is 1.94. The molecule has 0 aliphatic carbocycles. The molecule has 0 spiro atoms. The molecule has 0 aromatic heterocycles. The van der Waals surface area contributed by atoms with E-state index in [1.165, 1.54) is 22.5 Å². The molecule has 108 valence electrons. The number of benzene rings is 1. The molecule has 0 amide bonds. The van der Waals surface area contributed by atoms with E-state index < -0.39 is 15.8 Å². The van der Waals surface area contributed by atoms with E-state index in [-0.39, 0.29) is 27.8 Å². The minimum absolute atomic E-state index is 0. The van der Waals surface area contributed by atoms with Crippen LogP contribution < -0.4 is 5.32 Å². The van der Waals surface area contributed by atoms with Gasteiger partial charge in [-0.1, -0.05) is 6.07 Å². The Morgan fingerprint density at radius 3 is 2.79 bits per heavy atom. The van der Waals surface area contributed by atoms with Gasteiger partial charge in [0.25, 0.3) is 0 Å². The van der Waals surface area contributed by atoms with Crippen LogP contribution >= 0.6 is 28.3 Å². The lowest BCUT2D eigenvalue weighted by atomic mass is 10.3. The fourth-order valence-corrected chi connectivity index (χ4v) is 4.05. The third kappa shape index (κ3) is 3.46. The summed E-state index contributed by atoms with van der Waals surface area (Å²) in [5, 5.41) is 3.15. The Morgan fingerprint density at radius 1 is 1.47 bits per heavy atom. The first-order valence-electron chi connectivity index (χ1n) is 5.60. The largest absolute Gasteiger partial charge is 0.312 e. The second kappa shape index (κ2) is 6.49. The Bertz CT molecular complexity index is 556. The zero-order valence-electron chi connectivity index (χ0n) is 10.3. The maximum Gasteiger partial charge on any atom is 0.246 e. The molecule has 0 saturated carbocycles. The van der Waals surface area contributed by atoms with Crippen molar-refractivity contribution in [3.63, 3.8) is 0 Å². The lowest BCUT2D eigenvalue weighted by molar-refractivity contribution is 0.309. The smallest absolute Gasteiger partial charge is 0.246 e. The number of hydrogen-bond donors (Lipinski definition) is 1. The Morgan fingerprint density at radius 2 is 2.16 bits per heavy atom. The molecule has 1 unspecified atom stereocenters. The minimum Gasteiger partial charge on any atom is -0.312 e. The van der Waals surface area contributed by atoms with Gasteiger partial charge in [0.15, 0.2) is 5.82 Å². The molecule has 1 atom stereocenters. The van der Waals surface area contributed by atoms with Crippen molar-refractivity contribution in [2.45, 2.75) is 17.9 Å². The van der Waals surface area contributed by atoms with Gasteiger partial charge < -0.3 is 5.32 Å². The van der Waals surface area contributed by atoms with Crippen LogP contribution in [0.25, 0.3) is 0 Å². The van der Waals surface area contributed by atoms with E-state index in [9.17, 15) is 12.8 Å². The molecule has 4 nitrogen and oxygen atoms in total. The first-order valence-corrected chi connectivity index (χ1v) is 7.84. The van der Waals surface area contributed by atoms with E-state index in [0.717, 1.165) is 0 Å². The first kappa shape index (κ1) is 16.8. The molecule has 2 rings (SSSR count). The van der Waals surface area contributed by atoms with Crippen molar-refractivity contribution in [2.24, 2.45) is 0 Å². The summed E-state index contributed by atoms with van der Waals surface area (Å²) in [6.07, 6.45) is 0. The predicted molar refractivity (Wildman–Crippen MR) is 77.6 cm³/mol. The van der Waals surface area contributed by atoms with E-state index in [2.05, 4.69) is 21.2 Å². The monoisotopic (exact) mass is 372 g/mol. The molecule has 1 aromatic rings. The average molecular weight is 374 g/mol. The summed E-state index contributed by atoms with van der Waals surface area (Å²) >= 11 is 3.00. The van der Waals surface area contributed by atoms with Gasteiger partial charge >= 0.3 is 0 Å². The van der Waals surface area contributed by atoms with Crippen LogP contribution in [0.3, 0.4) is 0 Å². The lowest BCUT2D eigenvalue weighted by Gasteiger charge is -2.31. The van der Waals surface area contributed by atoms with Crippen molar-refractivity contribution in [2.75, 3.05) is 19.6 Å². The molecule has 8 heteroatoms. The molecule has 1 aromatic carbocycles. The first-order chi connectivity index (χ1) is 8.43. The van der Waals surface area contributed by atoms with Crippen molar-refractivity contribution in [3.05, 3.63) is 28.5 Å². The van der Waals surface area contributed by atoms with E-state index in [4.69, 9.17) is 0 Å². The molecule has 0 bridgehead atoms. The molecule has 1 heterocycles. The molecular weight excluding hydrogens is 359 g/mol. The third-order valence-corrected chi connectivity index (χ3v) is 5.36. The normalized spacial score (nSPS) is 20.9. The number of rotatable bonds is 2. The van der Waals surface area contributed by atoms with Crippen LogP contribution in [-0.2, 0) is 10.0 Å². The van der Waals surface area contributed by atoms with Gasteiger partial charge in [0.05, 0.1) is 4.47 Å². The second-order valence-electron chi connectivity index (χ2n) is 4.27. The average Bonchev–Trinajstić information content (AvgIpc) is 2.32. The quantitative estimate of drug-likeness (QED) is 0.862. The minimum atomic E-state index is -3.76. The summed E-state index contributed by atoms with van der Waals surface area (Å²) in [5.74, 6) is -0.733. The molecule has 1 fully saturated rings. The highest BCUT2D eigenvalue weighted by Crippen LogP contribution is 2.25. The summed E-state index contributed by atoms with van der Waals surface area (Å²) < 4.78 is 40.0. The SMILES string of the molecule is CC1CN(S(=O)(=O)c2cccc(Br)c2F)CCN1.Cl. The van der Waals surface area contributed by atoms with Crippen molar-refractivity contribution < 1.29 is 12.8 Å². The van der Waals surface area contributed by atoms with Crippen LogP contribution in [0.4, 0.5) is 4.39 Å². The summed E-state index contributed by atoms with van der Waals surface area (Å²) in [6.45, 7) is 3.20. The number of hydrogen-bond acceptors (Lipinski definition) is 3. The van der Waals surface area contributed by atoms with Crippen LogP contribution in [0.5, 0.6) is 0 Å². The molecule has 19 heavy (non-hydrogen) atoms. The van der Waals surface area contributed by atoms with Gasteiger partial charge in [0.2, 0.25) is 10.0 Å². The highest BCUT2D eigenvalue weighted by Gasteiger charge is 2.31. The van der Waals surface area contributed by atoms with E-state index >= 15 is 0 Å². The lowest BCUT2D eigenvalue weighted by Crippen LogP contribution is -2.51. The Hall–Kier alpha value is -0.210. The van der Waals surface area contributed by atoms with Gasteiger partial charge in [0.1, 0.15) is 4.90 Å². The maximum absolute atomic E-state index is 13.9. The van der Waals surface area contributed by atoms with E-state index in [0.29, 0.717) is 19.6 Å². The van der Waals surface area contributed by atoms with Crippen molar-refractivity contribution in [1.82, 2.24) is 9.62 Å². The Labute approximate surface area is 127 Å². The van der Waals surface area contributed by atoms with Gasteiger partial charge in [0, 0.05) is 25.7 Å². The molecule has 1 aliphatic heterocycles. The molecular formula is C11H15BrClFN2O2S. The summed E-state index contributed by atoms with van der Waals surface area (Å²) in [6, 6.07) is 4.37. The molecule has 1 aliphatic rings. The molecule has 0 radical (unpaired) electrons. The van der Waals surface area contributed by atoms with E-state index in [1.54, 1.807) is 0 Å². The zero-order chi connectivity index (χ0) is 13.3. The van der Waals surface area contributed by atoms with Gasteiger partial charge in [-0.2, -0.15) is 4.31 Å². The van der Waals surface area contributed by atoms with Crippen molar-refractivity contribution in [1.29, 1.82) is 0 Å². The maximum atomic E-state index is 13.9. The van der Waals surface area contributed by atoms with Crippen molar-refractivity contribution in [3.8, 4) is 0 Å². The van der Waals surface area contributed by atoms with E-state index in [1.807, 2.05) is 6.92 Å². The van der Waals surface area contributed by atoms with Gasteiger partial charge in [-0.15, -0.1) is 12.4 Å². The van der Waals surface area contributed by atoms with Crippen LogP contribution in [-0.4, -0.2) is 38.4 Å².